The Labute approximate surface area is 83.1 Å². The van der Waals surface area contributed by atoms with Crippen LogP contribution in [0, 0.1) is 0 Å². The summed E-state index contributed by atoms with van der Waals surface area (Å²) in [7, 11) is 1.55. The van der Waals surface area contributed by atoms with Crippen LogP contribution in [0.3, 0.4) is 0 Å². The normalized spacial score (nSPS) is 13.5. The lowest BCUT2D eigenvalue weighted by Gasteiger charge is -2.05. The molecule has 1 aromatic rings. The molecule has 1 aromatic carbocycles. The number of nitrogens with one attached hydrogen (secondary N) is 1. The van der Waals surface area contributed by atoms with E-state index in [9.17, 15) is 4.79 Å². The Bertz CT molecular complexity index is 360. The van der Waals surface area contributed by atoms with Gasteiger partial charge in [-0.15, -0.1) is 0 Å². The average Bonchev–Trinajstić information content (AvgIpc) is 2.64. The molecule has 0 fully saturated rings. The Morgan fingerprint density at radius 3 is 2.93 bits per heavy atom. The SMILES string of the molecule is CNC(=O)Oc1ccc2c(c1)CCC2. The molecular formula is C11H13NO2. The lowest BCUT2D eigenvalue weighted by atomic mass is 10.1. The zero-order valence-electron chi connectivity index (χ0n) is 8.17. The third kappa shape index (κ3) is 1.71. The molecule has 0 heterocycles. The van der Waals surface area contributed by atoms with Gasteiger partial charge in [0.05, 0.1) is 0 Å². The van der Waals surface area contributed by atoms with Crippen molar-refractivity contribution in [3.05, 3.63) is 29.3 Å². The quantitative estimate of drug-likeness (QED) is 0.736. The highest BCUT2D eigenvalue weighted by atomic mass is 16.5. The van der Waals surface area contributed by atoms with Crippen LogP contribution < -0.4 is 10.1 Å². The van der Waals surface area contributed by atoms with Crippen LogP contribution in [0.5, 0.6) is 5.75 Å². The van der Waals surface area contributed by atoms with Crippen molar-refractivity contribution in [1.82, 2.24) is 5.32 Å². The van der Waals surface area contributed by atoms with Crippen LogP contribution in [-0.2, 0) is 12.8 Å². The van der Waals surface area contributed by atoms with Gasteiger partial charge in [-0.3, -0.25) is 0 Å². The number of hydrogen-bond donors (Lipinski definition) is 1. The summed E-state index contributed by atoms with van der Waals surface area (Å²) >= 11 is 0. The maximum absolute atomic E-state index is 10.9. The van der Waals surface area contributed by atoms with E-state index < -0.39 is 6.09 Å². The highest BCUT2D eigenvalue weighted by Crippen LogP contribution is 2.25. The molecule has 0 bridgehead atoms. The molecule has 0 unspecified atom stereocenters. The van der Waals surface area contributed by atoms with E-state index in [1.165, 1.54) is 17.5 Å². The topological polar surface area (TPSA) is 38.3 Å². The van der Waals surface area contributed by atoms with Crippen LogP contribution in [0.15, 0.2) is 18.2 Å². The van der Waals surface area contributed by atoms with Crippen molar-refractivity contribution in [2.24, 2.45) is 0 Å². The second-order valence-electron chi connectivity index (χ2n) is 3.42. The molecule has 0 radical (unpaired) electrons. The second kappa shape index (κ2) is 3.70. The Kier molecular flexibility index (Phi) is 2.39. The molecule has 0 saturated heterocycles. The van der Waals surface area contributed by atoms with Gasteiger partial charge in [-0.2, -0.15) is 0 Å². The zero-order valence-corrected chi connectivity index (χ0v) is 8.17. The van der Waals surface area contributed by atoms with E-state index in [-0.39, 0.29) is 0 Å². The number of carbonyl (C=O) groups is 1. The first-order valence-corrected chi connectivity index (χ1v) is 4.81. The monoisotopic (exact) mass is 191 g/mol. The molecule has 1 aliphatic carbocycles. The molecule has 3 heteroatoms. The van der Waals surface area contributed by atoms with Crippen LogP contribution in [0.2, 0.25) is 0 Å². The first kappa shape index (κ1) is 9.06. The molecule has 1 amide bonds. The smallest absolute Gasteiger partial charge is 0.410 e. The maximum Gasteiger partial charge on any atom is 0.412 e. The molecule has 0 spiro atoms. The van der Waals surface area contributed by atoms with E-state index in [1.54, 1.807) is 7.05 Å². The fourth-order valence-electron chi connectivity index (χ4n) is 1.77. The molecule has 1 N–H and O–H groups in total. The van der Waals surface area contributed by atoms with E-state index >= 15 is 0 Å². The van der Waals surface area contributed by atoms with E-state index in [2.05, 4.69) is 5.32 Å². The predicted molar refractivity (Wildman–Crippen MR) is 53.6 cm³/mol. The highest BCUT2D eigenvalue weighted by molar-refractivity contribution is 5.70. The van der Waals surface area contributed by atoms with Crippen LogP contribution in [0.1, 0.15) is 17.5 Å². The Morgan fingerprint density at radius 2 is 2.14 bits per heavy atom. The number of benzene rings is 1. The van der Waals surface area contributed by atoms with Gasteiger partial charge in [-0.25, -0.2) is 4.79 Å². The molecule has 14 heavy (non-hydrogen) atoms. The number of amides is 1. The second-order valence-corrected chi connectivity index (χ2v) is 3.42. The van der Waals surface area contributed by atoms with Gasteiger partial charge in [0.2, 0.25) is 0 Å². The molecule has 3 nitrogen and oxygen atoms in total. The first-order valence-electron chi connectivity index (χ1n) is 4.81. The summed E-state index contributed by atoms with van der Waals surface area (Å²) in [4.78, 5) is 10.9. The van der Waals surface area contributed by atoms with Crippen molar-refractivity contribution in [3.8, 4) is 5.75 Å². The van der Waals surface area contributed by atoms with Crippen molar-refractivity contribution in [2.45, 2.75) is 19.3 Å². The average molecular weight is 191 g/mol. The van der Waals surface area contributed by atoms with Crippen molar-refractivity contribution >= 4 is 6.09 Å². The number of aryl methyl sites for hydroxylation is 2. The Balaban J connectivity index is 2.16. The van der Waals surface area contributed by atoms with Gasteiger partial charge >= 0.3 is 6.09 Å². The summed E-state index contributed by atoms with van der Waals surface area (Å²) in [5, 5.41) is 2.42. The predicted octanol–water partition coefficient (Wildman–Crippen LogP) is 1.89. The van der Waals surface area contributed by atoms with Gasteiger partial charge < -0.3 is 10.1 Å². The summed E-state index contributed by atoms with van der Waals surface area (Å²) < 4.78 is 5.04. The van der Waals surface area contributed by atoms with E-state index in [0.29, 0.717) is 5.75 Å². The Morgan fingerprint density at radius 1 is 1.36 bits per heavy atom. The van der Waals surface area contributed by atoms with Crippen molar-refractivity contribution in [1.29, 1.82) is 0 Å². The maximum atomic E-state index is 10.9. The third-order valence-electron chi connectivity index (χ3n) is 2.48. The molecule has 74 valence electrons. The van der Waals surface area contributed by atoms with Gasteiger partial charge in [-0.05, 0) is 42.5 Å². The fraction of sp³-hybridized carbons (Fsp3) is 0.364. The fourth-order valence-corrected chi connectivity index (χ4v) is 1.77. The lowest BCUT2D eigenvalue weighted by Crippen LogP contribution is -2.22. The summed E-state index contributed by atoms with van der Waals surface area (Å²) in [6.45, 7) is 0. The van der Waals surface area contributed by atoms with Crippen molar-refractivity contribution in [2.75, 3.05) is 7.05 Å². The van der Waals surface area contributed by atoms with Crippen LogP contribution in [0.25, 0.3) is 0 Å². The van der Waals surface area contributed by atoms with Crippen LogP contribution in [-0.4, -0.2) is 13.1 Å². The summed E-state index contributed by atoms with van der Waals surface area (Å²) in [6, 6.07) is 5.84. The van der Waals surface area contributed by atoms with Gasteiger partial charge in [0, 0.05) is 7.05 Å². The molecular weight excluding hydrogens is 178 g/mol. The summed E-state index contributed by atoms with van der Waals surface area (Å²) in [5.41, 5.74) is 2.70. The van der Waals surface area contributed by atoms with E-state index in [1.807, 2.05) is 18.2 Å². The van der Waals surface area contributed by atoms with Gasteiger partial charge in [0.25, 0.3) is 0 Å². The Hall–Kier alpha value is -1.51. The molecule has 0 saturated carbocycles. The number of carbonyl (C=O) groups excluding carboxylic acids is 1. The van der Waals surface area contributed by atoms with Gasteiger partial charge in [0.15, 0.2) is 0 Å². The van der Waals surface area contributed by atoms with Gasteiger partial charge in [-0.1, -0.05) is 6.07 Å². The third-order valence-corrected chi connectivity index (χ3v) is 2.48. The molecule has 0 aromatic heterocycles. The first-order chi connectivity index (χ1) is 6.79. The molecule has 0 atom stereocenters. The van der Waals surface area contributed by atoms with Crippen LogP contribution >= 0.6 is 0 Å². The van der Waals surface area contributed by atoms with Crippen LogP contribution in [0.4, 0.5) is 4.79 Å². The number of fused-ring (bicyclic) bond motifs is 1. The van der Waals surface area contributed by atoms with Crippen molar-refractivity contribution in [3.63, 3.8) is 0 Å². The summed E-state index contributed by atoms with van der Waals surface area (Å²) in [5.74, 6) is 0.630. The highest BCUT2D eigenvalue weighted by Gasteiger charge is 2.12. The summed E-state index contributed by atoms with van der Waals surface area (Å²) in [6.07, 6.45) is 3.04. The van der Waals surface area contributed by atoms with E-state index in [0.717, 1.165) is 12.8 Å². The minimum absolute atomic E-state index is 0.414. The minimum Gasteiger partial charge on any atom is -0.410 e. The molecule has 0 aliphatic heterocycles. The van der Waals surface area contributed by atoms with Gasteiger partial charge in [0.1, 0.15) is 5.75 Å². The number of rotatable bonds is 1. The largest absolute Gasteiger partial charge is 0.412 e. The number of hydrogen-bond acceptors (Lipinski definition) is 2. The molecule has 2 rings (SSSR count). The lowest BCUT2D eigenvalue weighted by molar-refractivity contribution is 0.203. The van der Waals surface area contributed by atoms with E-state index in [4.69, 9.17) is 4.74 Å². The molecule has 1 aliphatic rings. The zero-order chi connectivity index (χ0) is 9.97. The number of ether oxygens (including phenoxy) is 1. The minimum atomic E-state index is -0.414. The van der Waals surface area contributed by atoms with Crippen molar-refractivity contribution < 1.29 is 9.53 Å². The standard InChI is InChI=1S/C11H13NO2/c1-12-11(13)14-10-6-5-8-3-2-4-9(8)7-10/h5-7H,2-4H2,1H3,(H,12,13).